The number of hydrogen-bond donors (Lipinski definition) is 0. The van der Waals surface area contributed by atoms with E-state index >= 15 is 0 Å². The molecule has 0 unspecified atom stereocenters. The molecule has 2 rings (SSSR count). The van der Waals surface area contributed by atoms with Crippen LogP contribution in [0.25, 0.3) is 0 Å². The third-order valence-electron chi connectivity index (χ3n) is 2.56. The van der Waals surface area contributed by atoms with Gasteiger partial charge >= 0.3 is 0 Å². The summed E-state index contributed by atoms with van der Waals surface area (Å²) in [5.74, 6) is 0.633. The minimum atomic E-state index is 0.307. The van der Waals surface area contributed by atoms with Gasteiger partial charge in [0.15, 0.2) is 0 Å². The van der Waals surface area contributed by atoms with Gasteiger partial charge < -0.3 is 0 Å². The summed E-state index contributed by atoms with van der Waals surface area (Å²) < 4.78 is 0. The molecule has 0 atom stereocenters. The van der Waals surface area contributed by atoms with E-state index in [4.69, 9.17) is 0 Å². The minimum absolute atomic E-state index is 0.307. The molecule has 1 aromatic rings. The topological polar surface area (TPSA) is 47.8 Å². The number of Topliss-reactive ketones (excluding diaryl/α,β-unsaturated/α-hetero) is 1. The fourth-order valence-corrected chi connectivity index (χ4v) is 1.52. The molecule has 0 aliphatic heterocycles. The van der Waals surface area contributed by atoms with Crippen molar-refractivity contribution in [1.82, 2.24) is 15.0 Å². The summed E-state index contributed by atoms with van der Waals surface area (Å²) in [5.41, 5.74) is 0.791. The van der Waals surface area contributed by atoms with Gasteiger partial charge in [0.1, 0.15) is 5.78 Å². The summed E-state index contributed by atoms with van der Waals surface area (Å²) in [6, 6.07) is 0. The predicted molar refractivity (Wildman–Crippen MR) is 47.1 cm³/mol. The summed E-state index contributed by atoms with van der Waals surface area (Å²) in [6.07, 6.45) is 5.46. The molecule has 4 nitrogen and oxygen atoms in total. The monoisotopic (exact) mass is 179 g/mol. The first-order chi connectivity index (χ1) is 6.25. The second-order valence-corrected chi connectivity index (χ2v) is 3.60. The Morgan fingerprint density at radius 2 is 2.46 bits per heavy atom. The number of aromatic nitrogens is 3. The highest BCUT2D eigenvalue weighted by Crippen LogP contribution is 2.27. The Balaban J connectivity index is 1.93. The Morgan fingerprint density at radius 1 is 1.69 bits per heavy atom. The number of carbonyl (C=O) groups excluding carboxylic acids is 1. The van der Waals surface area contributed by atoms with Gasteiger partial charge in [-0.15, -0.1) is 0 Å². The van der Waals surface area contributed by atoms with Crippen LogP contribution >= 0.6 is 0 Å². The first kappa shape index (κ1) is 8.41. The Hall–Kier alpha value is -1.19. The number of hydrogen-bond acceptors (Lipinski definition) is 3. The van der Waals surface area contributed by atoms with Crippen molar-refractivity contribution in [2.45, 2.75) is 25.7 Å². The third-order valence-corrected chi connectivity index (χ3v) is 2.56. The maximum absolute atomic E-state index is 11.5. The van der Waals surface area contributed by atoms with Gasteiger partial charge in [0, 0.05) is 13.0 Å². The highest BCUT2D eigenvalue weighted by Gasteiger charge is 2.25. The number of rotatable bonds is 3. The molecule has 0 bridgehead atoms. The summed E-state index contributed by atoms with van der Waals surface area (Å²) >= 11 is 0. The van der Waals surface area contributed by atoms with Crippen LogP contribution in [0.4, 0.5) is 0 Å². The lowest BCUT2D eigenvalue weighted by atomic mass is 9.81. The standard InChI is InChI=1S/C9H13N3O/c1-12-10-6-8(11-12)5-9(13)7-3-2-4-7/h6-7H,2-5H2,1H3. The van der Waals surface area contributed by atoms with Gasteiger partial charge in [-0.1, -0.05) is 6.42 Å². The zero-order valence-electron chi connectivity index (χ0n) is 7.73. The van der Waals surface area contributed by atoms with E-state index in [0.29, 0.717) is 18.1 Å². The Morgan fingerprint density at radius 3 is 2.92 bits per heavy atom. The molecule has 1 fully saturated rings. The zero-order valence-corrected chi connectivity index (χ0v) is 7.73. The van der Waals surface area contributed by atoms with Gasteiger partial charge in [0.05, 0.1) is 18.3 Å². The summed E-state index contributed by atoms with van der Waals surface area (Å²) in [4.78, 5) is 13.0. The zero-order chi connectivity index (χ0) is 9.26. The molecule has 0 spiro atoms. The average molecular weight is 179 g/mol. The molecule has 70 valence electrons. The van der Waals surface area contributed by atoms with E-state index in [-0.39, 0.29) is 0 Å². The highest BCUT2D eigenvalue weighted by molar-refractivity contribution is 5.83. The molecule has 0 radical (unpaired) electrons. The number of carbonyl (C=O) groups is 1. The summed E-state index contributed by atoms with van der Waals surface area (Å²) in [7, 11) is 1.76. The first-order valence-corrected chi connectivity index (χ1v) is 4.63. The van der Waals surface area contributed by atoms with Crippen LogP contribution in [0.5, 0.6) is 0 Å². The SMILES string of the molecule is Cn1ncc(CC(=O)C2CCC2)n1. The number of ketones is 1. The molecule has 1 aromatic heterocycles. The quantitative estimate of drug-likeness (QED) is 0.687. The van der Waals surface area contributed by atoms with Crippen LogP contribution in [-0.2, 0) is 18.3 Å². The van der Waals surface area contributed by atoms with Gasteiger partial charge in [-0.3, -0.25) is 4.79 Å². The van der Waals surface area contributed by atoms with E-state index in [2.05, 4.69) is 10.2 Å². The second kappa shape index (κ2) is 3.28. The summed E-state index contributed by atoms with van der Waals surface area (Å²) in [5, 5.41) is 8.00. The minimum Gasteiger partial charge on any atom is -0.299 e. The van der Waals surface area contributed by atoms with Gasteiger partial charge in [-0.25, -0.2) is 0 Å². The van der Waals surface area contributed by atoms with Crippen molar-refractivity contribution in [2.75, 3.05) is 0 Å². The lowest BCUT2D eigenvalue weighted by molar-refractivity contribution is -0.124. The fraction of sp³-hybridized carbons (Fsp3) is 0.667. The molecule has 13 heavy (non-hydrogen) atoms. The Bertz CT molecular complexity index is 314. The molecular weight excluding hydrogens is 166 g/mol. The molecule has 0 amide bonds. The second-order valence-electron chi connectivity index (χ2n) is 3.60. The molecule has 1 saturated carbocycles. The molecule has 0 N–H and O–H groups in total. The molecule has 1 aliphatic rings. The van der Waals surface area contributed by atoms with Gasteiger partial charge in [-0.2, -0.15) is 15.0 Å². The number of nitrogens with zero attached hydrogens (tertiary/aromatic N) is 3. The Labute approximate surface area is 76.9 Å². The Kier molecular flexibility index (Phi) is 2.12. The molecular formula is C9H13N3O. The van der Waals surface area contributed by atoms with Crippen LogP contribution in [0.3, 0.4) is 0 Å². The van der Waals surface area contributed by atoms with Crippen molar-refractivity contribution in [3.05, 3.63) is 11.9 Å². The summed E-state index contributed by atoms with van der Waals surface area (Å²) in [6.45, 7) is 0. The van der Waals surface area contributed by atoms with Gasteiger partial charge in [0.2, 0.25) is 0 Å². The van der Waals surface area contributed by atoms with Crippen LogP contribution < -0.4 is 0 Å². The van der Waals surface area contributed by atoms with Crippen LogP contribution in [-0.4, -0.2) is 20.8 Å². The molecule has 1 aliphatic carbocycles. The van der Waals surface area contributed by atoms with Crippen molar-refractivity contribution in [3.63, 3.8) is 0 Å². The van der Waals surface area contributed by atoms with Crippen molar-refractivity contribution in [1.29, 1.82) is 0 Å². The van der Waals surface area contributed by atoms with Gasteiger partial charge in [-0.05, 0) is 12.8 Å². The normalized spacial score (nSPS) is 17.0. The molecule has 1 heterocycles. The molecule has 0 aromatic carbocycles. The molecule has 0 saturated heterocycles. The van der Waals surface area contributed by atoms with E-state index in [1.54, 1.807) is 13.2 Å². The van der Waals surface area contributed by atoms with Crippen LogP contribution in [0, 0.1) is 5.92 Å². The van der Waals surface area contributed by atoms with E-state index in [1.807, 2.05) is 0 Å². The number of aryl methyl sites for hydroxylation is 1. The average Bonchev–Trinajstić information content (AvgIpc) is 2.31. The predicted octanol–water partition coefficient (Wildman–Crippen LogP) is 0.727. The van der Waals surface area contributed by atoms with E-state index in [9.17, 15) is 4.79 Å². The van der Waals surface area contributed by atoms with E-state index < -0.39 is 0 Å². The van der Waals surface area contributed by atoms with Crippen LogP contribution in [0.2, 0.25) is 0 Å². The molecule has 4 heteroatoms. The largest absolute Gasteiger partial charge is 0.299 e. The van der Waals surface area contributed by atoms with E-state index in [0.717, 1.165) is 18.5 Å². The lowest BCUT2D eigenvalue weighted by Crippen LogP contribution is -2.23. The third kappa shape index (κ3) is 1.76. The maximum atomic E-state index is 11.5. The van der Waals surface area contributed by atoms with Gasteiger partial charge in [0.25, 0.3) is 0 Å². The van der Waals surface area contributed by atoms with Crippen molar-refractivity contribution < 1.29 is 4.79 Å². The highest BCUT2D eigenvalue weighted by atomic mass is 16.1. The van der Waals surface area contributed by atoms with Crippen molar-refractivity contribution in [2.24, 2.45) is 13.0 Å². The van der Waals surface area contributed by atoms with Crippen LogP contribution in [0.1, 0.15) is 25.0 Å². The van der Waals surface area contributed by atoms with E-state index in [1.165, 1.54) is 11.2 Å². The smallest absolute Gasteiger partial charge is 0.142 e. The van der Waals surface area contributed by atoms with Crippen LogP contribution in [0.15, 0.2) is 6.20 Å². The fourth-order valence-electron chi connectivity index (χ4n) is 1.52. The van der Waals surface area contributed by atoms with Crippen molar-refractivity contribution in [3.8, 4) is 0 Å². The first-order valence-electron chi connectivity index (χ1n) is 4.63. The lowest BCUT2D eigenvalue weighted by Gasteiger charge is -2.23. The van der Waals surface area contributed by atoms with Crippen molar-refractivity contribution >= 4 is 5.78 Å². The maximum Gasteiger partial charge on any atom is 0.142 e.